The van der Waals surface area contributed by atoms with E-state index < -0.39 is 0 Å². The molecule has 0 saturated carbocycles. The molecular weight excluding hydrogens is 284 g/mol. The lowest BCUT2D eigenvalue weighted by Gasteiger charge is -2.00. The number of rotatable bonds is 4. The van der Waals surface area contributed by atoms with E-state index in [0.717, 1.165) is 11.3 Å². The Hall–Kier alpha value is -2.34. The van der Waals surface area contributed by atoms with E-state index in [1.807, 2.05) is 31.2 Å². The molecular formula is C15H14N4OS. The minimum absolute atomic E-state index is 0.435. The first-order valence-corrected chi connectivity index (χ1v) is 7.41. The van der Waals surface area contributed by atoms with Crippen molar-refractivity contribution in [2.75, 3.05) is 5.73 Å². The van der Waals surface area contributed by atoms with Crippen molar-refractivity contribution in [3.05, 3.63) is 54.2 Å². The van der Waals surface area contributed by atoms with Gasteiger partial charge in [0.2, 0.25) is 5.89 Å². The Bertz CT molecular complexity index is 739. The quantitative estimate of drug-likeness (QED) is 0.744. The van der Waals surface area contributed by atoms with Crippen molar-refractivity contribution in [2.24, 2.45) is 0 Å². The summed E-state index contributed by atoms with van der Waals surface area (Å²) >= 11 is 1.49. The van der Waals surface area contributed by atoms with E-state index >= 15 is 0 Å². The van der Waals surface area contributed by atoms with Crippen LogP contribution in [0, 0.1) is 6.92 Å². The number of oxazole rings is 1. The third-order valence-corrected chi connectivity index (χ3v) is 3.93. The summed E-state index contributed by atoms with van der Waals surface area (Å²) in [6.07, 6.45) is 4.86. The second-order valence-electron chi connectivity index (χ2n) is 4.55. The summed E-state index contributed by atoms with van der Waals surface area (Å²) in [5, 5.41) is 0.706. The number of hydrogen-bond donors (Lipinski definition) is 1. The summed E-state index contributed by atoms with van der Waals surface area (Å²) in [5.74, 6) is 1.70. The Morgan fingerprint density at radius 2 is 1.90 bits per heavy atom. The van der Waals surface area contributed by atoms with Gasteiger partial charge in [0.15, 0.2) is 5.82 Å². The van der Waals surface area contributed by atoms with Crippen LogP contribution < -0.4 is 5.73 Å². The fraction of sp³-hybridized carbons (Fsp3) is 0.133. The normalized spacial score (nSPS) is 10.7. The lowest BCUT2D eigenvalue weighted by Crippen LogP contribution is -1.95. The third kappa shape index (κ3) is 3.22. The van der Waals surface area contributed by atoms with Crippen LogP contribution in [0.3, 0.4) is 0 Å². The van der Waals surface area contributed by atoms with E-state index in [4.69, 9.17) is 10.2 Å². The van der Waals surface area contributed by atoms with Crippen LogP contribution in [0.5, 0.6) is 0 Å². The number of nitrogens with zero attached hydrogens (tertiary/aromatic N) is 3. The van der Waals surface area contributed by atoms with Crippen LogP contribution in [0.1, 0.15) is 11.3 Å². The van der Waals surface area contributed by atoms with E-state index in [2.05, 4.69) is 15.0 Å². The Kier molecular flexibility index (Phi) is 3.87. The molecule has 0 aliphatic heterocycles. The highest BCUT2D eigenvalue weighted by atomic mass is 32.2. The molecule has 0 bridgehead atoms. The smallest absolute Gasteiger partial charge is 0.226 e. The van der Waals surface area contributed by atoms with Gasteiger partial charge in [0, 0.05) is 23.7 Å². The molecule has 2 heterocycles. The van der Waals surface area contributed by atoms with Gasteiger partial charge in [-0.2, -0.15) is 0 Å². The second kappa shape index (κ2) is 5.97. The summed E-state index contributed by atoms with van der Waals surface area (Å²) in [4.78, 5) is 12.7. The zero-order chi connectivity index (χ0) is 14.7. The largest absolute Gasteiger partial charge is 0.444 e. The average molecular weight is 298 g/mol. The number of nitrogens with two attached hydrogens (primary N) is 1. The van der Waals surface area contributed by atoms with Gasteiger partial charge >= 0.3 is 0 Å². The van der Waals surface area contributed by atoms with E-state index in [1.165, 1.54) is 17.3 Å². The number of aryl methyl sites for hydroxylation is 1. The third-order valence-electron chi connectivity index (χ3n) is 2.90. The minimum Gasteiger partial charge on any atom is -0.444 e. The van der Waals surface area contributed by atoms with E-state index in [-0.39, 0.29) is 0 Å². The number of anilines is 1. The zero-order valence-corrected chi connectivity index (χ0v) is 12.3. The van der Waals surface area contributed by atoms with Gasteiger partial charge in [-0.25, -0.2) is 15.0 Å². The number of thioether (sulfide) groups is 1. The number of benzene rings is 1. The van der Waals surface area contributed by atoms with Gasteiger partial charge in [0.1, 0.15) is 11.3 Å². The standard InChI is InChI=1S/C15H14N4OS/c1-10-2-4-11(5-3-10)14-19-12(8-20-14)9-21-15-13(16)17-6-7-18-15/h2-8H,9H2,1H3,(H2,16,17). The molecule has 5 nitrogen and oxygen atoms in total. The lowest BCUT2D eigenvalue weighted by atomic mass is 10.1. The second-order valence-corrected chi connectivity index (χ2v) is 5.51. The molecule has 0 amide bonds. The predicted molar refractivity (Wildman–Crippen MR) is 82.7 cm³/mol. The van der Waals surface area contributed by atoms with Crippen molar-refractivity contribution in [3.8, 4) is 11.5 Å². The van der Waals surface area contributed by atoms with Crippen LogP contribution in [0.2, 0.25) is 0 Å². The molecule has 0 radical (unpaired) electrons. The fourth-order valence-corrected chi connectivity index (χ4v) is 2.54. The molecule has 0 aliphatic carbocycles. The van der Waals surface area contributed by atoms with Crippen molar-refractivity contribution in [1.29, 1.82) is 0 Å². The number of nitrogen functional groups attached to an aromatic ring is 1. The highest BCUT2D eigenvalue weighted by Gasteiger charge is 2.08. The van der Waals surface area contributed by atoms with Crippen LogP contribution in [0.4, 0.5) is 5.82 Å². The van der Waals surface area contributed by atoms with Gasteiger partial charge < -0.3 is 10.2 Å². The Balaban J connectivity index is 1.71. The zero-order valence-electron chi connectivity index (χ0n) is 11.5. The predicted octanol–water partition coefficient (Wildman–Crippen LogP) is 3.31. The van der Waals surface area contributed by atoms with Crippen molar-refractivity contribution in [3.63, 3.8) is 0 Å². The van der Waals surface area contributed by atoms with Crippen LogP contribution >= 0.6 is 11.8 Å². The highest BCUT2D eigenvalue weighted by molar-refractivity contribution is 7.98. The van der Waals surface area contributed by atoms with E-state index in [0.29, 0.717) is 22.5 Å². The van der Waals surface area contributed by atoms with Crippen molar-refractivity contribution >= 4 is 17.6 Å². The van der Waals surface area contributed by atoms with E-state index in [9.17, 15) is 0 Å². The molecule has 2 N–H and O–H groups in total. The Labute approximate surface area is 126 Å². The van der Waals surface area contributed by atoms with Gasteiger partial charge in [0.25, 0.3) is 0 Å². The first kappa shape index (κ1) is 13.6. The molecule has 21 heavy (non-hydrogen) atoms. The highest BCUT2D eigenvalue weighted by Crippen LogP contribution is 2.26. The molecule has 0 unspecified atom stereocenters. The Morgan fingerprint density at radius 3 is 2.67 bits per heavy atom. The van der Waals surface area contributed by atoms with E-state index in [1.54, 1.807) is 18.7 Å². The maximum absolute atomic E-state index is 5.76. The first-order chi connectivity index (χ1) is 10.2. The summed E-state index contributed by atoms with van der Waals surface area (Å²) in [7, 11) is 0. The minimum atomic E-state index is 0.435. The molecule has 2 aromatic heterocycles. The lowest BCUT2D eigenvalue weighted by molar-refractivity contribution is 0.573. The van der Waals surface area contributed by atoms with Crippen molar-refractivity contribution in [1.82, 2.24) is 15.0 Å². The Morgan fingerprint density at radius 1 is 1.14 bits per heavy atom. The van der Waals surface area contributed by atoms with Gasteiger partial charge in [-0.15, -0.1) is 0 Å². The molecule has 1 aromatic carbocycles. The van der Waals surface area contributed by atoms with Gasteiger partial charge in [-0.1, -0.05) is 29.5 Å². The maximum atomic E-state index is 5.76. The molecule has 0 spiro atoms. The molecule has 6 heteroatoms. The van der Waals surface area contributed by atoms with Gasteiger partial charge in [-0.05, 0) is 19.1 Å². The van der Waals surface area contributed by atoms with Crippen molar-refractivity contribution in [2.45, 2.75) is 17.7 Å². The fourth-order valence-electron chi connectivity index (χ4n) is 1.79. The number of aromatic nitrogens is 3. The molecule has 3 rings (SSSR count). The van der Waals surface area contributed by atoms with Crippen LogP contribution in [0.25, 0.3) is 11.5 Å². The molecule has 0 aliphatic rings. The first-order valence-electron chi connectivity index (χ1n) is 6.43. The van der Waals surface area contributed by atoms with Crippen LogP contribution in [-0.4, -0.2) is 15.0 Å². The topological polar surface area (TPSA) is 77.8 Å². The molecule has 0 saturated heterocycles. The summed E-state index contributed by atoms with van der Waals surface area (Å²) in [6.45, 7) is 2.05. The molecule has 0 fully saturated rings. The molecule has 106 valence electrons. The van der Waals surface area contributed by atoms with Crippen LogP contribution in [0.15, 0.2) is 52.4 Å². The maximum Gasteiger partial charge on any atom is 0.226 e. The van der Waals surface area contributed by atoms with Gasteiger partial charge in [-0.3, -0.25) is 0 Å². The van der Waals surface area contributed by atoms with Crippen LogP contribution in [-0.2, 0) is 5.75 Å². The molecule has 0 atom stereocenters. The summed E-state index contributed by atoms with van der Waals surface area (Å²) < 4.78 is 5.52. The SMILES string of the molecule is Cc1ccc(-c2nc(CSc3nccnc3N)co2)cc1. The summed E-state index contributed by atoms with van der Waals surface area (Å²) in [5.41, 5.74) is 8.78. The summed E-state index contributed by atoms with van der Waals surface area (Å²) in [6, 6.07) is 8.07. The monoisotopic (exact) mass is 298 g/mol. The number of hydrogen-bond acceptors (Lipinski definition) is 6. The molecule has 3 aromatic rings. The average Bonchev–Trinajstić information content (AvgIpc) is 2.96. The van der Waals surface area contributed by atoms with Crippen molar-refractivity contribution < 1.29 is 4.42 Å². The van der Waals surface area contributed by atoms with Gasteiger partial charge in [0.05, 0.1) is 5.69 Å².